The number of rotatable bonds is 7. The summed E-state index contributed by atoms with van der Waals surface area (Å²) in [5, 5.41) is 11.5. The summed E-state index contributed by atoms with van der Waals surface area (Å²) < 4.78 is 12.0. The van der Waals surface area contributed by atoms with Gasteiger partial charge in [-0.15, -0.1) is 0 Å². The number of aromatic nitrogens is 1. The molecule has 2 N–H and O–H groups in total. The van der Waals surface area contributed by atoms with Gasteiger partial charge in [-0.2, -0.15) is 0 Å². The van der Waals surface area contributed by atoms with Gasteiger partial charge >= 0.3 is 5.97 Å². The Balaban J connectivity index is 2.25. The van der Waals surface area contributed by atoms with Crippen LogP contribution in [0, 0.1) is 6.92 Å². The van der Waals surface area contributed by atoms with E-state index >= 15 is 0 Å². The first-order valence-corrected chi connectivity index (χ1v) is 7.92. The van der Waals surface area contributed by atoms with Crippen LogP contribution in [-0.4, -0.2) is 34.8 Å². The zero-order valence-corrected chi connectivity index (χ0v) is 14.7. The van der Waals surface area contributed by atoms with Crippen LogP contribution in [0.2, 0.25) is 0 Å². The van der Waals surface area contributed by atoms with Crippen molar-refractivity contribution in [2.45, 2.75) is 13.8 Å². The molecule has 0 atom stereocenters. The number of amides is 1. The Labute approximate surface area is 150 Å². The summed E-state index contributed by atoms with van der Waals surface area (Å²) >= 11 is 0. The number of carbonyl (C=O) groups is 2. The minimum absolute atomic E-state index is 0.168. The van der Waals surface area contributed by atoms with E-state index in [0.29, 0.717) is 23.4 Å². The summed E-state index contributed by atoms with van der Waals surface area (Å²) in [6.45, 7) is 3.31. The van der Waals surface area contributed by atoms with E-state index in [1.54, 1.807) is 27.1 Å². The normalized spacial score (nSPS) is 10.3. The van der Waals surface area contributed by atoms with Gasteiger partial charge in [-0.25, -0.2) is 4.79 Å². The second kappa shape index (κ2) is 8.19. The van der Waals surface area contributed by atoms with E-state index in [4.69, 9.17) is 14.6 Å². The molecule has 0 aliphatic heterocycles. The molecule has 0 bridgehead atoms. The summed E-state index contributed by atoms with van der Waals surface area (Å²) in [5.41, 5.74) is 1.30. The van der Waals surface area contributed by atoms with E-state index in [1.165, 1.54) is 28.8 Å². The van der Waals surface area contributed by atoms with Gasteiger partial charge in [0.2, 0.25) is 0 Å². The molecule has 0 saturated carbocycles. The summed E-state index contributed by atoms with van der Waals surface area (Å²) in [4.78, 5) is 34.7. The van der Waals surface area contributed by atoms with Gasteiger partial charge in [0.25, 0.3) is 11.5 Å². The number of anilines is 1. The van der Waals surface area contributed by atoms with Crippen molar-refractivity contribution in [3.63, 3.8) is 0 Å². The number of aryl methyl sites for hydroxylation is 2. The lowest BCUT2D eigenvalue weighted by atomic mass is 10.1. The number of pyridine rings is 1. The molecule has 138 valence electrons. The Morgan fingerprint density at radius 3 is 2.58 bits per heavy atom. The highest BCUT2D eigenvalue weighted by molar-refractivity contribution is 6.05. The van der Waals surface area contributed by atoms with Crippen LogP contribution in [-0.2, 0) is 11.8 Å². The molecule has 8 heteroatoms. The molecule has 26 heavy (non-hydrogen) atoms. The average Bonchev–Trinajstić information content (AvgIpc) is 2.58. The molecule has 0 aliphatic carbocycles. The SMILES string of the molecule is CCOc1cc(C(=O)Nc2cn(C)c(=O)cc2C)ccc1OCC(=O)O. The Morgan fingerprint density at radius 1 is 1.19 bits per heavy atom. The fourth-order valence-corrected chi connectivity index (χ4v) is 2.23. The smallest absolute Gasteiger partial charge is 0.341 e. The molecule has 2 aromatic rings. The van der Waals surface area contributed by atoms with Crippen molar-refractivity contribution < 1.29 is 24.2 Å². The highest BCUT2D eigenvalue weighted by atomic mass is 16.5. The average molecular weight is 360 g/mol. The van der Waals surface area contributed by atoms with Crippen molar-refractivity contribution in [2.75, 3.05) is 18.5 Å². The molecule has 1 heterocycles. The molecule has 0 radical (unpaired) electrons. The summed E-state index contributed by atoms with van der Waals surface area (Å²) in [7, 11) is 1.60. The van der Waals surface area contributed by atoms with Gasteiger partial charge in [-0.3, -0.25) is 9.59 Å². The van der Waals surface area contributed by atoms with Crippen molar-refractivity contribution in [1.82, 2.24) is 4.57 Å². The third kappa shape index (κ3) is 4.62. The minimum atomic E-state index is -1.11. The fraction of sp³-hybridized carbons (Fsp3) is 0.278. The Kier molecular flexibility index (Phi) is 6.00. The fourth-order valence-electron chi connectivity index (χ4n) is 2.23. The molecule has 0 unspecified atom stereocenters. The number of aliphatic carboxylic acids is 1. The second-order valence-corrected chi connectivity index (χ2v) is 5.55. The molecule has 0 saturated heterocycles. The van der Waals surface area contributed by atoms with Gasteiger partial charge in [0.1, 0.15) is 0 Å². The third-order valence-electron chi connectivity index (χ3n) is 3.54. The van der Waals surface area contributed by atoms with Crippen molar-refractivity contribution in [2.24, 2.45) is 7.05 Å². The number of nitrogens with one attached hydrogen (secondary N) is 1. The predicted molar refractivity (Wildman–Crippen MR) is 95.1 cm³/mol. The van der Waals surface area contributed by atoms with E-state index in [9.17, 15) is 14.4 Å². The standard InChI is InChI=1S/C18H20N2O6/c1-4-25-15-8-12(5-6-14(15)26-10-17(22)23)18(24)19-13-9-20(3)16(21)7-11(13)2/h5-9H,4,10H2,1-3H3,(H,19,24)(H,22,23). The number of carbonyl (C=O) groups excluding carboxylic acids is 1. The monoisotopic (exact) mass is 360 g/mol. The predicted octanol–water partition coefficient (Wildman–Crippen LogP) is 1.81. The number of nitrogens with zero attached hydrogens (tertiary/aromatic N) is 1. The minimum Gasteiger partial charge on any atom is -0.490 e. The highest BCUT2D eigenvalue weighted by Gasteiger charge is 2.14. The van der Waals surface area contributed by atoms with Gasteiger partial charge in [-0.05, 0) is 37.6 Å². The lowest BCUT2D eigenvalue weighted by Crippen LogP contribution is -2.19. The maximum atomic E-state index is 12.5. The quantitative estimate of drug-likeness (QED) is 0.780. The van der Waals surface area contributed by atoms with Gasteiger partial charge in [0.15, 0.2) is 18.1 Å². The van der Waals surface area contributed by atoms with Crippen LogP contribution in [0.25, 0.3) is 0 Å². The number of carboxylic acids is 1. The zero-order valence-electron chi connectivity index (χ0n) is 14.7. The van der Waals surface area contributed by atoms with E-state index < -0.39 is 18.5 Å². The second-order valence-electron chi connectivity index (χ2n) is 5.55. The molecule has 1 aromatic heterocycles. The van der Waals surface area contributed by atoms with Crippen LogP contribution in [0.3, 0.4) is 0 Å². The first-order valence-electron chi connectivity index (χ1n) is 7.92. The summed E-state index contributed by atoms with van der Waals surface area (Å²) in [6, 6.07) is 5.90. The molecule has 1 aromatic carbocycles. The largest absolute Gasteiger partial charge is 0.490 e. The van der Waals surface area contributed by atoms with Gasteiger partial charge in [0, 0.05) is 24.9 Å². The molecule has 0 spiro atoms. The van der Waals surface area contributed by atoms with E-state index in [0.717, 1.165) is 0 Å². The van der Waals surface area contributed by atoms with Crippen molar-refractivity contribution >= 4 is 17.6 Å². The van der Waals surface area contributed by atoms with Crippen LogP contribution >= 0.6 is 0 Å². The molecule has 2 rings (SSSR count). The maximum Gasteiger partial charge on any atom is 0.341 e. The van der Waals surface area contributed by atoms with Crippen molar-refractivity contribution in [1.29, 1.82) is 0 Å². The molecule has 0 aliphatic rings. The maximum absolute atomic E-state index is 12.5. The zero-order chi connectivity index (χ0) is 19.3. The number of hydrogen-bond acceptors (Lipinski definition) is 5. The topological polar surface area (TPSA) is 107 Å². The van der Waals surface area contributed by atoms with Crippen molar-refractivity contribution in [3.05, 3.63) is 51.9 Å². The Morgan fingerprint density at radius 2 is 1.92 bits per heavy atom. The molecule has 8 nitrogen and oxygen atoms in total. The van der Waals surface area contributed by atoms with Gasteiger partial charge in [0.05, 0.1) is 12.3 Å². The molecular formula is C18H20N2O6. The number of ether oxygens (including phenoxy) is 2. The van der Waals surface area contributed by atoms with Gasteiger partial charge < -0.3 is 24.5 Å². The summed E-state index contributed by atoms with van der Waals surface area (Å²) in [6.07, 6.45) is 1.55. The van der Waals surface area contributed by atoms with Gasteiger partial charge in [-0.1, -0.05) is 0 Å². The Hall–Kier alpha value is -3.29. The van der Waals surface area contributed by atoms with Crippen LogP contribution in [0.5, 0.6) is 11.5 Å². The number of hydrogen-bond donors (Lipinski definition) is 2. The first-order chi connectivity index (χ1) is 12.3. The van der Waals surface area contributed by atoms with Crippen LogP contribution in [0.15, 0.2) is 35.3 Å². The third-order valence-corrected chi connectivity index (χ3v) is 3.54. The first kappa shape index (κ1) is 19.0. The molecule has 1 amide bonds. The number of benzene rings is 1. The van der Waals surface area contributed by atoms with E-state index in [2.05, 4.69) is 5.32 Å². The lowest BCUT2D eigenvalue weighted by Gasteiger charge is -2.13. The highest BCUT2D eigenvalue weighted by Crippen LogP contribution is 2.29. The van der Waals surface area contributed by atoms with Crippen LogP contribution in [0.1, 0.15) is 22.8 Å². The lowest BCUT2D eigenvalue weighted by molar-refractivity contribution is -0.139. The Bertz CT molecular complexity index is 888. The van der Waals surface area contributed by atoms with Crippen molar-refractivity contribution in [3.8, 4) is 11.5 Å². The van der Waals surface area contributed by atoms with E-state index in [-0.39, 0.29) is 17.1 Å². The van der Waals surface area contributed by atoms with Crippen LogP contribution in [0.4, 0.5) is 5.69 Å². The molecule has 0 fully saturated rings. The van der Waals surface area contributed by atoms with Crippen LogP contribution < -0.4 is 20.3 Å². The number of carboxylic acid groups (broad SMARTS) is 1. The summed E-state index contributed by atoms with van der Waals surface area (Å²) in [5.74, 6) is -0.986. The van der Waals surface area contributed by atoms with E-state index in [1.807, 2.05) is 0 Å². The molecular weight excluding hydrogens is 340 g/mol.